The number of nitrogens with zero attached hydrogens (tertiary/aromatic N) is 1. The lowest BCUT2D eigenvalue weighted by Crippen LogP contribution is -2.43. The van der Waals surface area contributed by atoms with Crippen molar-refractivity contribution in [2.45, 2.75) is 13.8 Å². The van der Waals surface area contributed by atoms with E-state index in [0.717, 1.165) is 5.57 Å². The van der Waals surface area contributed by atoms with Crippen molar-refractivity contribution >= 4 is 12.0 Å². The number of carbonyl (C=O) groups excluding carboxylic acids is 1. The Morgan fingerprint density at radius 2 is 2.07 bits per heavy atom. The van der Waals surface area contributed by atoms with Gasteiger partial charge in [0, 0.05) is 13.1 Å². The standard InChI is InChI=1S/C9H16N2O3/c1-4-11(6-8(12)13)9(14)10-5-7(2)3/h2,4-6H2,1,3H3,(H,10,14)(H,12,13). The molecule has 0 saturated heterocycles. The lowest BCUT2D eigenvalue weighted by atomic mass is 10.3. The summed E-state index contributed by atoms with van der Waals surface area (Å²) in [6.45, 7) is 7.59. The number of urea groups is 1. The van der Waals surface area contributed by atoms with Crippen LogP contribution in [0.3, 0.4) is 0 Å². The molecule has 0 aliphatic rings. The molecule has 0 atom stereocenters. The van der Waals surface area contributed by atoms with E-state index in [2.05, 4.69) is 11.9 Å². The zero-order valence-corrected chi connectivity index (χ0v) is 8.54. The average Bonchev–Trinajstić information content (AvgIpc) is 2.09. The van der Waals surface area contributed by atoms with Crippen LogP contribution in [0.1, 0.15) is 13.8 Å². The van der Waals surface area contributed by atoms with Gasteiger partial charge in [-0.25, -0.2) is 4.79 Å². The van der Waals surface area contributed by atoms with Gasteiger partial charge in [-0.1, -0.05) is 12.2 Å². The monoisotopic (exact) mass is 200 g/mol. The molecule has 0 aromatic heterocycles. The number of likely N-dealkylation sites (N-methyl/N-ethyl adjacent to an activating group) is 1. The second-order valence-corrected chi connectivity index (χ2v) is 3.02. The van der Waals surface area contributed by atoms with E-state index >= 15 is 0 Å². The molecule has 0 aromatic rings. The van der Waals surface area contributed by atoms with Crippen molar-refractivity contribution in [1.82, 2.24) is 10.2 Å². The minimum Gasteiger partial charge on any atom is -0.480 e. The van der Waals surface area contributed by atoms with Crippen LogP contribution in [-0.2, 0) is 4.79 Å². The highest BCUT2D eigenvalue weighted by Crippen LogP contribution is 1.90. The van der Waals surface area contributed by atoms with Gasteiger partial charge < -0.3 is 15.3 Å². The maximum Gasteiger partial charge on any atom is 0.323 e. The molecule has 0 bridgehead atoms. The summed E-state index contributed by atoms with van der Waals surface area (Å²) in [5, 5.41) is 11.1. The largest absolute Gasteiger partial charge is 0.480 e. The summed E-state index contributed by atoms with van der Waals surface area (Å²) in [5.74, 6) is -1.02. The molecule has 0 aliphatic heterocycles. The van der Waals surface area contributed by atoms with Gasteiger partial charge in [0.25, 0.3) is 0 Å². The zero-order chi connectivity index (χ0) is 11.1. The van der Waals surface area contributed by atoms with Gasteiger partial charge in [-0.2, -0.15) is 0 Å². The summed E-state index contributed by atoms with van der Waals surface area (Å²) in [4.78, 5) is 22.9. The van der Waals surface area contributed by atoms with E-state index in [-0.39, 0.29) is 12.6 Å². The van der Waals surface area contributed by atoms with Gasteiger partial charge in [-0.15, -0.1) is 0 Å². The molecule has 0 radical (unpaired) electrons. The lowest BCUT2D eigenvalue weighted by molar-refractivity contribution is -0.137. The molecule has 2 amide bonds. The third kappa shape index (κ3) is 5.18. The van der Waals surface area contributed by atoms with Gasteiger partial charge in [0.05, 0.1) is 0 Å². The Labute approximate surface area is 83.4 Å². The number of carboxylic acids is 1. The van der Waals surface area contributed by atoms with Crippen molar-refractivity contribution < 1.29 is 14.7 Å². The molecule has 0 aliphatic carbocycles. The molecule has 14 heavy (non-hydrogen) atoms. The molecular weight excluding hydrogens is 184 g/mol. The van der Waals surface area contributed by atoms with Crippen molar-refractivity contribution in [3.05, 3.63) is 12.2 Å². The van der Waals surface area contributed by atoms with Crippen LogP contribution in [0.2, 0.25) is 0 Å². The Morgan fingerprint density at radius 3 is 2.43 bits per heavy atom. The molecule has 0 heterocycles. The second-order valence-electron chi connectivity index (χ2n) is 3.02. The Morgan fingerprint density at radius 1 is 1.50 bits per heavy atom. The van der Waals surface area contributed by atoms with Crippen LogP contribution in [0.5, 0.6) is 0 Å². The van der Waals surface area contributed by atoms with Crippen LogP contribution in [0, 0.1) is 0 Å². The Hall–Kier alpha value is -1.52. The summed E-state index contributed by atoms with van der Waals surface area (Å²) in [6, 6.07) is -0.377. The van der Waals surface area contributed by atoms with Crippen LogP contribution in [-0.4, -0.2) is 41.6 Å². The molecule has 0 unspecified atom stereocenters. The van der Waals surface area contributed by atoms with Crippen molar-refractivity contribution in [3.8, 4) is 0 Å². The molecule has 80 valence electrons. The first-order valence-electron chi connectivity index (χ1n) is 4.36. The van der Waals surface area contributed by atoms with Gasteiger partial charge in [-0.05, 0) is 13.8 Å². The topological polar surface area (TPSA) is 69.6 Å². The van der Waals surface area contributed by atoms with E-state index in [4.69, 9.17) is 5.11 Å². The van der Waals surface area contributed by atoms with E-state index in [0.29, 0.717) is 13.1 Å². The molecule has 5 heteroatoms. The summed E-state index contributed by atoms with van der Waals surface area (Å²) < 4.78 is 0. The highest BCUT2D eigenvalue weighted by atomic mass is 16.4. The minimum atomic E-state index is -1.02. The van der Waals surface area contributed by atoms with E-state index in [1.54, 1.807) is 13.8 Å². The van der Waals surface area contributed by atoms with Gasteiger partial charge in [-0.3, -0.25) is 4.79 Å². The van der Waals surface area contributed by atoms with Crippen LogP contribution in [0.4, 0.5) is 4.79 Å². The Kier molecular flexibility index (Phi) is 5.36. The van der Waals surface area contributed by atoms with Crippen molar-refractivity contribution in [3.63, 3.8) is 0 Å². The third-order valence-corrected chi connectivity index (χ3v) is 1.54. The predicted molar refractivity (Wildman–Crippen MR) is 53.1 cm³/mol. The maximum atomic E-state index is 11.3. The van der Waals surface area contributed by atoms with E-state index in [9.17, 15) is 9.59 Å². The highest BCUT2D eigenvalue weighted by Gasteiger charge is 2.13. The Balaban J connectivity index is 4.04. The second kappa shape index (κ2) is 6.01. The lowest BCUT2D eigenvalue weighted by Gasteiger charge is -2.18. The first-order chi connectivity index (χ1) is 6.47. The van der Waals surface area contributed by atoms with Crippen LogP contribution < -0.4 is 5.32 Å². The Bertz CT molecular complexity index is 238. The number of amides is 2. The fraction of sp³-hybridized carbons (Fsp3) is 0.556. The number of hydrogen-bond acceptors (Lipinski definition) is 2. The molecule has 2 N–H and O–H groups in total. The number of nitrogens with one attached hydrogen (secondary N) is 1. The number of aliphatic carboxylic acids is 1. The van der Waals surface area contributed by atoms with Crippen molar-refractivity contribution in [2.75, 3.05) is 19.6 Å². The number of carbonyl (C=O) groups is 2. The fourth-order valence-electron chi connectivity index (χ4n) is 0.829. The number of rotatable bonds is 5. The van der Waals surface area contributed by atoms with E-state index < -0.39 is 5.97 Å². The molecule has 0 fully saturated rings. The van der Waals surface area contributed by atoms with Gasteiger partial charge in [0.2, 0.25) is 0 Å². The highest BCUT2D eigenvalue weighted by molar-refractivity contribution is 5.80. The molecule has 0 rings (SSSR count). The molecule has 0 saturated carbocycles. The smallest absolute Gasteiger partial charge is 0.323 e. The summed E-state index contributed by atoms with van der Waals surface area (Å²) in [6.07, 6.45) is 0. The normalized spacial score (nSPS) is 9.29. The molecule has 5 nitrogen and oxygen atoms in total. The summed E-state index contributed by atoms with van der Waals surface area (Å²) in [5.41, 5.74) is 0.824. The van der Waals surface area contributed by atoms with Crippen LogP contribution in [0.15, 0.2) is 12.2 Å². The first kappa shape index (κ1) is 12.5. The van der Waals surface area contributed by atoms with Crippen molar-refractivity contribution in [2.24, 2.45) is 0 Å². The minimum absolute atomic E-state index is 0.279. The van der Waals surface area contributed by atoms with Gasteiger partial charge >= 0.3 is 12.0 Å². The quantitative estimate of drug-likeness (QED) is 0.641. The zero-order valence-electron chi connectivity index (χ0n) is 8.54. The fourth-order valence-corrected chi connectivity index (χ4v) is 0.829. The van der Waals surface area contributed by atoms with Gasteiger partial charge in [0.15, 0.2) is 0 Å². The van der Waals surface area contributed by atoms with E-state index in [1.807, 2.05) is 0 Å². The summed E-state index contributed by atoms with van der Waals surface area (Å²) in [7, 11) is 0. The SMILES string of the molecule is C=C(C)CNC(=O)N(CC)CC(=O)O. The maximum absolute atomic E-state index is 11.3. The first-order valence-corrected chi connectivity index (χ1v) is 4.36. The molecule has 0 spiro atoms. The predicted octanol–water partition coefficient (Wildman–Crippen LogP) is 0.679. The summed E-state index contributed by atoms with van der Waals surface area (Å²) >= 11 is 0. The number of carboxylic acid groups (broad SMARTS) is 1. The number of hydrogen-bond donors (Lipinski definition) is 2. The van der Waals surface area contributed by atoms with Crippen LogP contribution >= 0.6 is 0 Å². The molecule has 0 aromatic carbocycles. The third-order valence-electron chi connectivity index (χ3n) is 1.54. The molecular formula is C9H16N2O3. The van der Waals surface area contributed by atoms with Gasteiger partial charge in [0.1, 0.15) is 6.54 Å². The van der Waals surface area contributed by atoms with Crippen molar-refractivity contribution in [1.29, 1.82) is 0 Å². The average molecular weight is 200 g/mol. The van der Waals surface area contributed by atoms with E-state index in [1.165, 1.54) is 4.90 Å². The van der Waals surface area contributed by atoms with Crippen LogP contribution in [0.25, 0.3) is 0 Å².